The van der Waals surface area contributed by atoms with Crippen LogP contribution >= 0.6 is 11.3 Å². The van der Waals surface area contributed by atoms with Gasteiger partial charge in [0.05, 0.1) is 16.2 Å². The van der Waals surface area contributed by atoms with Crippen LogP contribution in [-0.2, 0) is 4.79 Å². The quantitative estimate of drug-likeness (QED) is 0.494. The van der Waals surface area contributed by atoms with Crippen LogP contribution in [0.2, 0.25) is 0 Å². The molecule has 1 N–H and O–H groups in total. The summed E-state index contributed by atoms with van der Waals surface area (Å²) in [6.07, 6.45) is 5.08. The maximum absolute atomic E-state index is 12.3. The molecule has 0 radical (unpaired) electrons. The largest absolute Gasteiger partial charge is 0.322 e. The molecule has 0 saturated carbocycles. The van der Waals surface area contributed by atoms with Gasteiger partial charge in [-0.15, -0.1) is 11.3 Å². The van der Waals surface area contributed by atoms with Crippen LogP contribution in [0.1, 0.15) is 10.6 Å². The highest BCUT2D eigenvalue weighted by molar-refractivity contribution is 7.09. The van der Waals surface area contributed by atoms with E-state index in [-0.39, 0.29) is 5.91 Å². The van der Waals surface area contributed by atoms with E-state index in [1.165, 1.54) is 6.08 Å². The summed E-state index contributed by atoms with van der Waals surface area (Å²) < 4.78 is 0. The van der Waals surface area contributed by atoms with Crippen molar-refractivity contribution >= 4 is 39.9 Å². The molecule has 2 aromatic carbocycles. The van der Waals surface area contributed by atoms with Crippen LogP contribution in [0.4, 0.5) is 5.69 Å². The zero-order valence-corrected chi connectivity index (χ0v) is 15.5. The topological polar surface area (TPSA) is 54.9 Å². The molecular formula is C22H17N3OS. The zero-order chi connectivity index (χ0) is 18.6. The lowest BCUT2D eigenvalue weighted by Crippen LogP contribution is -2.07. The Morgan fingerprint density at radius 1 is 1.11 bits per heavy atom. The Balaban J connectivity index is 1.52. The summed E-state index contributed by atoms with van der Waals surface area (Å²) in [6.45, 7) is 1.98. The lowest BCUT2D eigenvalue weighted by Gasteiger charge is -2.05. The van der Waals surface area contributed by atoms with Gasteiger partial charge in [0.1, 0.15) is 0 Å². The molecule has 0 aliphatic rings. The molecule has 0 bridgehead atoms. The minimum Gasteiger partial charge on any atom is -0.322 e. The van der Waals surface area contributed by atoms with Crippen molar-refractivity contribution in [2.45, 2.75) is 6.92 Å². The van der Waals surface area contributed by atoms with Crippen molar-refractivity contribution < 1.29 is 4.79 Å². The Hall–Kier alpha value is -3.31. The van der Waals surface area contributed by atoms with Crippen molar-refractivity contribution in [2.24, 2.45) is 0 Å². The van der Waals surface area contributed by atoms with Crippen LogP contribution in [0, 0.1) is 6.92 Å². The van der Waals surface area contributed by atoms with Crippen molar-refractivity contribution in [2.75, 3.05) is 5.32 Å². The minimum absolute atomic E-state index is 0.186. The van der Waals surface area contributed by atoms with Crippen molar-refractivity contribution in [3.8, 4) is 11.3 Å². The fourth-order valence-electron chi connectivity index (χ4n) is 2.86. The molecule has 4 nitrogen and oxygen atoms in total. The number of thiazole rings is 1. The number of carbonyl (C=O) groups excluding carboxylic acids is 1. The van der Waals surface area contributed by atoms with Gasteiger partial charge in [0.2, 0.25) is 5.91 Å². The normalized spacial score (nSPS) is 11.1. The van der Waals surface area contributed by atoms with E-state index in [1.54, 1.807) is 23.6 Å². The maximum Gasteiger partial charge on any atom is 0.248 e. The number of aromatic nitrogens is 2. The number of anilines is 1. The molecule has 2 aromatic heterocycles. The van der Waals surface area contributed by atoms with Gasteiger partial charge < -0.3 is 5.32 Å². The molecule has 5 heteroatoms. The van der Waals surface area contributed by atoms with Crippen LogP contribution in [0.5, 0.6) is 0 Å². The minimum atomic E-state index is -0.186. The molecule has 2 heterocycles. The number of carbonyl (C=O) groups is 1. The average molecular weight is 371 g/mol. The lowest BCUT2D eigenvalue weighted by atomic mass is 10.1. The van der Waals surface area contributed by atoms with E-state index in [0.29, 0.717) is 0 Å². The van der Waals surface area contributed by atoms with Crippen molar-refractivity contribution in [1.29, 1.82) is 0 Å². The summed E-state index contributed by atoms with van der Waals surface area (Å²) in [4.78, 5) is 21.2. The van der Waals surface area contributed by atoms with Gasteiger partial charge in [-0.05, 0) is 31.2 Å². The number of hydrogen-bond donors (Lipinski definition) is 1. The average Bonchev–Trinajstić information content (AvgIpc) is 3.13. The summed E-state index contributed by atoms with van der Waals surface area (Å²) in [7, 11) is 0. The number of rotatable bonds is 4. The van der Waals surface area contributed by atoms with Gasteiger partial charge in [-0.3, -0.25) is 9.78 Å². The monoisotopic (exact) mass is 371 g/mol. The van der Waals surface area contributed by atoms with Gasteiger partial charge in [0.25, 0.3) is 0 Å². The first kappa shape index (κ1) is 17.1. The second kappa shape index (κ2) is 7.51. The Labute approximate surface area is 161 Å². The SMILES string of the molecule is Cc1nc(-c2cccc(NC(=O)/C=C/c3cccc4cccnc34)c2)cs1. The standard InChI is InChI=1S/C22H17N3OS/c1-15-24-20(14-27-15)18-7-3-9-19(13-18)25-21(26)11-10-17-6-2-5-16-8-4-12-23-22(16)17/h2-14H,1H3,(H,25,26)/b11-10+. The molecule has 0 aliphatic heterocycles. The predicted octanol–water partition coefficient (Wildman–Crippen LogP) is 5.32. The second-order valence-electron chi connectivity index (χ2n) is 6.08. The number of hydrogen-bond acceptors (Lipinski definition) is 4. The fourth-order valence-corrected chi connectivity index (χ4v) is 3.49. The Morgan fingerprint density at radius 2 is 1.96 bits per heavy atom. The number of nitrogens with zero attached hydrogens (tertiary/aromatic N) is 2. The van der Waals surface area contributed by atoms with Crippen LogP contribution in [-0.4, -0.2) is 15.9 Å². The number of pyridine rings is 1. The second-order valence-corrected chi connectivity index (χ2v) is 7.14. The molecule has 1 amide bonds. The van der Waals surface area contributed by atoms with Crippen molar-refractivity contribution in [3.63, 3.8) is 0 Å². The highest BCUT2D eigenvalue weighted by Crippen LogP contribution is 2.24. The first-order valence-corrected chi connectivity index (χ1v) is 9.42. The molecule has 0 saturated heterocycles. The van der Waals surface area contributed by atoms with Gasteiger partial charge in [-0.1, -0.05) is 36.4 Å². The van der Waals surface area contributed by atoms with E-state index >= 15 is 0 Å². The van der Waals surface area contributed by atoms with E-state index in [2.05, 4.69) is 15.3 Å². The molecule has 27 heavy (non-hydrogen) atoms. The third kappa shape index (κ3) is 3.93. The maximum atomic E-state index is 12.3. The first-order chi connectivity index (χ1) is 13.2. The van der Waals surface area contributed by atoms with Gasteiger partial charge in [0, 0.05) is 39.9 Å². The summed E-state index contributed by atoms with van der Waals surface area (Å²) >= 11 is 1.61. The number of amides is 1. The molecule has 0 unspecified atom stereocenters. The van der Waals surface area contributed by atoms with Gasteiger partial charge in [-0.25, -0.2) is 4.98 Å². The van der Waals surface area contributed by atoms with Crippen molar-refractivity contribution in [3.05, 3.63) is 82.8 Å². The van der Waals surface area contributed by atoms with Crippen molar-refractivity contribution in [1.82, 2.24) is 9.97 Å². The van der Waals surface area contributed by atoms with Crippen LogP contribution in [0.15, 0.2) is 72.3 Å². The van der Waals surface area contributed by atoms with Gasteiger partial charge in [-0.2, -0.15) is 0 Å². The van der Waals surface area contributed by atoms with Crippen LogP contribution in [0.3, 0.4) is 0 Å². The Kier molecular flexibility index (Phi) is 4.77. The number of nitrogens with one attached hydrogen (secondary N) is 1. The molecule has 0 atom stereocenters. The summed E-state index contributed by atoms with van der Waals surface area (Å²) in [5.41, 5.74) is 4.44. The summed E-state index contributed by atoms with van der Waals surface area (Å²) in [5, 5.41) is 6.99. The third-order valence-electron chi connectivity index (χ3n) is 4.12. The molecule has 132 valence electrons. The molecule has 4 rings (SSSR count). The molecular weight excluding hydrogens is 354 g/mol. The van der Waals surface area contributed by atoms with E-state index in [0.717, 1.165) is 38.4 Å². The molecule has 0 fully saturated rings. The lowest BCUT2D eigenvalue weighted by molar-refractivity contribution is -0.111. The summed E-state index contributed by atoms with van der Waals surface area (Å²) in [6, 6.07) is 17.5. The first-order valence-electron chi connectivity index (χ1n) is 8.54. The molecule has 4 aromatic rings. The number of aryl methyl sites for hydroxylation is 1. The highest BCUT2D eigenvalue weighted by atomic mass is 32.1. The highest BCUT2D eigenvalue weighted by Gasteiger charge is 2.05. The predicted molar refractivity (Wildman–Crippen MR) is 112 cm³/mol. The Bertz CT molecular complexity index is 1140. The fraction of sp³-hybridized carbons (Fsp3) is 0.0455. The van der Waals surface area contributed by atoms with Crippen LogP contribution in [0.25, 0.3) is 28.2 Å². The smallest absolute Gasteiger partial charge is 0.248 e. The molecule has 0 aliphatic carbocycles. The van der Waals surface area contributed by atoms with Gasteiger partial charge >= 0.3 is 0 Å². The molecule has 0 spiro atoms. The van der Waals surface area contributed by atoms with E-state index in [1.807, 2.05) is 66.9 Å². The number of fused-ring (bicyclic) bond motifs is 1. The Morgan fingerprint density at radius 3 is 2.81 bits per heavy atom. The van der Waals surface area contributed by atoms with E-state index in [4.69, 9.17) is 0 Å². The third-order valence-corrected chi connectivity index (χ3v) is 4.90. The van der Waals surface area contributed by atoms with E-state index in [9.17, 15) is 4.79 Å². The number of para-hydroxylation sites is 1. The zero-order valence-electron chi connectivity index (χ0n) is 14.7. The number of benzene rings is 2. The van der Waals surface area contributed by atoms with E-state index < -0.39 is 0 Å². The summed E-state index contributed by atoms with van der Waals surface area (Å²) in [5.74, 6) is -0.186. The van der Waals surface area contributed by atoms with Gasteiger partial charge in [0.15, 0.2) is 0 Å². The van der Waals surface area contributed by atoms with Crippen LogP contribution < -0.4 is 5.32 Å².